The number of nitrogens with zero attached hydrogens (tertiary/aromatic N) is 2. The Morgan fingerprint density at radius 2 is 2.00 bits per heavy atom. The Morgan fingerprint density at radius 1 is 1.24 bits per heavy atom. The van der Waals surface area contributed by atoms with E-state index < -0.39 is 0 Å². The first-order valence-electron chi connectivity index (χ1n) is 7.57. The number of thiophene rings is 1. The molecule has 3 nitrogen and oxygen atoms in total. The lowest BCUT2D eigenvalue weighted by atomic mass is 10.0. The molecule has 0 aliphatic carbocycles. The van der Waals surface area contributed by atoms with Gasteiger partial charge >= 0.3 is 0 Å². The van der Waals surface area contributed by atoms with Gasteiger partial charge in [0.1, 0.15) is 0 Å². The Labute approximate surface area is 131 Å². The molecule has 0 spiro atoms. The number of carbonyl (C=O) groups is 1. The summed E-state index contributed by atoms with van der Waals surface area (Å²) in [5.74, 6) is 0.403. The second-order valence-electron chi connectivity index (χ2n) is 5.40. The largest absolute Gasteiger partial charge is 0.353 e. The Kier molecular flexibility index (Phi) is 5.62. The molecule has 4 heteroatoms. The van der Waals surface area contributed by atoms with E-state index in [2.05, 4.69) is 35.9 Å². The molecule has 2 rings (SSSR count). The summed E-state index contributed by atoms with van der Waals surface area (Å²) >= 11 is 1.71. The van der Waals surface area contributed by atoms with E-state index in [-0.39, 0.29) is 11.8 Å². The molecule has 0 N–H and O–H groups in total. The highest BCUT2D eigenvalue weighted by Gasteiger charge is 2.22. The maximum absolute atomic E-state index is 12.8. The molecule has 1 amide bonds. The number of aromatic nitrogens is 1. The normalized spacial score (nSPS) is 11.0. The topological polar surface area (TPSA) is 25.2 Å². The summed E-state index contributed by atoms with van der Waals surface area (Å²) in [4.78, 5) is 16.0. The first kappa shape index (κ1) is 15.8. The lowest BCUT2D eigenvalue weighted by molar-refractivity contribution is -0.137. The highest BCUT2D eigenvalue weighted by atomic mass is 32.1. The van der Waals surface area contributed by atoms with Crippen LogP contribution in [0.3, 0.4) is 0 Å². The fraction of sp³-hybridized carbons (Fsp3) is 0.471. The number of hydrogen-bond donors (Lipinski definition) is 0. The molecule has 0 atom stereocenters. The molecule has 0 aromatic carbocycles. The molecule has 0 saturated heterocycles. The summed E-state index contributed by atoms with van der Waals surface area (Å²) in [6.45, 7) is 5.57. The molecule has 0 unspecified atom stereocenters. The predicted molar refractivity (Wildman–Crippen MR) is 88.1 cm³/mol. The van der Waals surface area contributed by atoms with Crippen LogP contribution in [0.5, 0.6) is 0 Å². The lowest BCUT2D eigenvalue weighted by Crippen LogP contribution is -2.35. The minimum atomic E-state index is 0.130. The molecule has 0 aliphatic rings. The lowest BCUT2D eigenvalue weighted by Gasteiger charge is -2.26. The Hall–Kier alpha value is -1.55. The van der Waals surface area contributed by atoms with Gasteiger partial charge in [0.2, 0.25) is 5.91 Å². The quantitative estimate of drug-likeness (QED) is 0.757. The summed E-state index contributed by atoms with van der Waals surface area (Å²) in [7, 11) is 2.03. The minimum absolute atomic E-state index is 0.130. The SMILES string of the molecule is CCC(CC)C(=O)N(Cc1cccs1)Cc1cccn1C. The first-order valence-corrected chi connectivity index (χ1v) is 8.45. The van der Waals surface area contributed by atoms with Crippen LogP contribution in [0.25, 0.3) is 0 Å². The minimum Gasteiger partial charge on any atom is -0.353 e. The van der Waals surface area contributed by atoms with Crippen molar-refractivity contribution in [2.45, 2.75) is 39.8 Å². The summed E-state index contributed by atoms with van der Waals surface area (Å²) in [6, 6.07) is 8.26. The molecule has 2 aromatic heterocycles. The number of rotatable bonds is 7. The summed E-state index contributed by atoms with van der Waals surface area (Å²) < 4.78 is 2.08. The Bertz CT molecular complexity index is 555. The molecule has 0 saturated carbocycles. The molecule has 2 aromatic rings. The van der Waals surface area contributed by atoms with Gasteiger partial charge in [-0.05, 0) is 36.4 Å². The van der Waals surface area contributed by atoms with Crippen LogP contribution in [-0.4, -0.2) is 15.4 Å². The van der Waals surface area contributed by atoms with Gasteiger partial charge in [-0.2, -0.15) is 0 Å². The van der Waals surface area contributed by atoms with Crippen LogP contribution >= 0.6 is 11.3 Å². The number of aryl methyl sites for hydroxylation is 1. The van der Waals surface area contributed by atoms with Gasteiger partial charge in [-0.25, -0.2) is 0 Å². The van der Waals surface area contributed by atoms with E-state index in [1.807, 2.05) is 30.3 Å². The highest BCUT2D eigenvalue weighted by Crippen LogP contribution is 2.19. The van der Waals surface area contributed by atoms with E-state index in [1.54, 1.807) is 11.3 Å². The molecular formula is C17H24N2OS. The average Bonchev–Trinajstić information content (AvgIpc) is 3.12. The van der Waals surface area contributed by atoms with Crippen LogP contribution in [0.1, 0.15) is 37.3 Å². The fourth-order valence-electron chi connectivity index (χ4n) is 2.55. The second-order valence-corrected chi connectivity index (χ2v) is 6.43. The average molecular weight is 304 g/mol. The van der Waals surface area contributed by atoms with Crippen LogP contribution < -0.4 is 0 Å². The van der Waals surface area contributed by atoms with Crippen molar-refractivity contribution in [2.24, 2.45) is 13.0 Å². The zero-order chi connectivity index (χ0) is 15.2. The maximum Gasteiger partial charge on any atom is 0.226 e. The van der Waals surface area contributed by atoms with Crippen LogP contribution in [0.15, 0.2) is 35.8 Å². The molecule has 0 fully saturated rings. The molecule has 0 bridgehead atoms. The maximum atomic E-state index is 12.8. The molecule has 2 heterocycles. The Balaban J connectivity index is 2.17. The number of amides is 1. The van der Waals surface area contributed by atoms with Crippen molar-refractivity contribution in [1.82, 2.24) is 9.47 Å². The standard InChI is InChI=1S/C17H24N2OS/c1-4-14(5-2)17(20)19(13-16-9-7-11-21-16)12-15-8-6-10-18(15)3/h6-11,14H,4-5,12-13H2,1-3H3. The van der Waals surface area contributed by atoms with Crippen LogP contribution in [0, 0.1) is 5.92 Å². The van der Waals surface area contributed by atoms with Gasteiger partial charge in [0.25, 0.3) is 0 Å². The van der Waals surface area contributed by atoms with Crippen molar-refractivity contribution in [3.05, 3.63) is 46.4 Å². The molecule has 0 radical (unpaired) electrons. The van der Waals surface area contributed by atoms with Crippen LogP contribution in [0.2, 0.25) is 0 Å². The molecule has 21 heavy (non-hydrogen) atoms. The van der Waals surface area contributed by atoms with E-state index in [4.69, 9.17) is 0 Å². The van der Waals surface area contributed by atoms with Gasteiger partial charge < -0.3 is 9.47 Å². The zero-order valence-corrected chi connectivity index (χ0v) is 13.9. The van der Waals surface area contributed by atoms with Crippen molar-refractivity contribution < 1.29 is 4.79 Å². The second kappa shape index (κ2) is 7.46. The summed E-state index contributed by atoms with van der Waals surface area (Å²) in [5.41, 5.74) is 1.17. The summed E-state index contributed by atoms with van der Waals surface area (Å²) in [6.07, 6.45) is 3.84. The van der Waals surface area contributed by atoms with Crippen LogP contribution in [0.4, 0.5) is 0 Å². The number of hydrogen-bond acceptors (Lipinski definition) is 2. The van der Waals surface area contributed by atoms with Gasteiger partial charge in [-0.1, -0.05) is 19.9 Å². The molecule has 114 valence electrons. The van der Waals surface area contributed by atoms with Gasteiger partial charge in [0, 0.05) is 29.7 Å². The molecular weight excluding hydrogens is 280 g/mol. The van der Waals surface area contributed by atoms with Gasteiger partial charge in [0.15, 0.2) is 0 Å². The fourth-order valence-corrected chi connectivity index (χ4v) is 3.27. The highest BCUT2D eigenvalue weighted by molar-refractivity contribution is 7.09. The van der Waals surface area contributed by atoms with E-state index in [0.29, 0.717) is 13.1 Å². The number of carbonyl (C=O) groups excluding carboxylic acids is 1. The van der Waals surface area contributed by atoms with Crippen molar-refractivity contribution in [3.8, 4) is 0 Å². The van der Waals surface area contributed by atoms with Gasteiger partial charge in [-0.15, -0.1) is 11.3 Å². The monoisotopic (exact) mass is 304 g/mol. The Morgan fingerprint density at radius 3 is 2.52 bits per heavy atom. The van der Waals surface area contributed by atoms with Crippen molar-refractivity contribution >= 4 is 17.2 Å². The zero-order valence-electron chi connectivity index (χ0n) is 13.1. The first-order chi connectivity index (χ1) is 10.2. The van der Waals surface area contributed by atoms with Crippen molar-refractivity contribution in [2.75, 3.05) is 0 Å². The van der Waals surface area contributed by atoms with E-state index in [0.717, 1.165) is 12.8 Å². The third kappa shape index (κ3) is 3.97. The van der Waals surface area contributed by atoms with Crippen LogP contribution in [-0.2, 0) is 24.9 Å². The van der Waals surface area contributed by atoms with Gasteiger partial charge in [0.05, 0.1) is 13.1 Å². The van der Waals surface area contributed by atoms with E-state index in [1.165, 1.54) is 10.6 Å². The predicted octanol–water partition coefficient (Wildman–Crippen LogP) is 4.05. The molecule has 0 aliphatic heterocycles. The third-order valence-electron chi connectivity index (χ3n) is 3.98. The summed E-state index contributed by atoms with van der Waals surface area (Å²) in [5, 5.41) is 2.07. The smallest absolute Gasteiger partial charge is 0.226 e. The third-order valence-corrected chi connectivity index (χ3v) is 4.84. The van der Waals surface area contributed by atoms with Crippen molar-refractivity contribution in [1.29, 1.82) is 0 Å². The van der Waals surface area contributed by atoms with E-state index >= 15 is 0 Å². The van der Waals surface area contributed by atoms with E-state index in [9.17, 15) is 4.79 Å². The van der Waals surface area contributed by atoms with Crippen molar-refractivity contribution in [3.63, 3.8) is 0 Å². The van der Waals surface area contributed by atoms with Gasteiger partial charge in [-0.3, -0.25) is 4.79 Å².